The average Bonchev–Trinajstić information content (AvgIpc) is 2.36. The smallest absolute Gasteiger partial charge is 0.0345 e. The molecule has 0 amide bonds. The van der Waals surface area contributed by atoms with Crippen LogP contribution in [0.25, 0.3) is 0 Å². The van der Waals surface area contributed by atoms with E-state index in [2.05, 4.69) is 31.3 Å². The number of hydrogen-bond acceptors (Lipinski definition) is 2. The van der Waals surface area contributed by atoms with E-state index in [4.69, 9.17) is 5.73 Å². The Balaban J connectivity index is 1.73. The first-order valence-corrected chi connectivity index (χ1v) is 7.25. The summed E-state index contributed by atoms with van der Waals surface area (Å²) in [7, 11) is 0. The minimum atomic E-state index is 0.877. The summed E-state index contributed by atoms with van der Waals surface area (Å²) in [4.78, 5) is 0. The Labute approximate surface area is 111 Å². The van der Waals surface area contributed by atoms with Crippen molar-refractivity contribution in [1.82, 2.24) is 0 Å². The Bertz CT molecular complexity index is 379. The Hall–Kier alpha value is -1.18. The molecule has 2 heteroatoms. The maximum Gasteiger partial charge on any atom is 0.0345 e. The fourth-order valence-corrected chi connectivity index (χ4v) is 2.82. The lowest BCUT2D eigenvalue weighted by atomic mass is 9.81. The van der Waals surface area contributed by atoms with Crippen molar-refractivity contribution in [2.24, 2.45) is 11.8 Å². The molecule has 0 radical (unpaired) electrons. The first-order chi connectivity index (χ1) is 8.65. The molecule has 18 heavy (non-hydrogen) atoms. The molecule has 1 saturated carbocycles. The van der Waals surface area contributed by atoms with Crippen LogP contribution in [-0.4, -0.2) is 6.54 Å². The zero-order valence-corrected chi connectivity index (χ0v) is 11.7. The highest BCUT2D eigenvalue weighted by molar-refractivity contribution is 5.56. The zero-order chi connectivity index (χ0) is 13.0. The van der Waals surface area contributed by atoms with Crippen molar-refractivity contribution in [2.45, 2.75) is 46.0 Å². The van der Waals surface area contributed by atoms with Crippen molar-refractivity contribution in [2.75, 3.05) is 17.6 Å². The highest BCUT2D eigenvalue weighted by atomic mass is 14.9. The summed E-state index contributed by atoms with van der Waals surface area (Å²) in [5.74, 6) is 1.89. The van der Waals surface area contributed by atoms with Crippen molar-refractivity contribution in [3.63, 3.8) is 0 Å². The minimum absolute atomic E-state index is 0.877. The van der Waals surface area contributed by atoms with Gasteiger partial charge in [-0.3, -0.25) is 0 Å². The number of nitrogens with one attached hydrogen (secondary N) is 1. The lowest BCUT2D eigenvalue weighted by molar-refractivity contribution is 0.282. The molecule has 1 aromatic carbocycles. The van der Waals surface area contributed by atoms with Crippen LogP contribution in [0, 0.1) is 18.8 Å². The summed E-state index contributed by atoms with van der Waals surface area (Å²) in [6.07, 6.45) is 6.99. The third kappa shape index (κ3) is 3.66. The van der Waals surface area contributed by atoms with Crippen LogP contribution in [0.5, 0.6) is 0 Å². The predicted octanol–water partition coefficient (Wildman–Crippen LogP) is 4.21. The minimum Gasteiger partial charge on any atom is -0.399 e. The van der Waals surface area contributed by atoms with Gasteiger partial charge in [-0.15, -0.1) is 0 Å². The largest absolute Gasteiger partial charge is 0.399 e. The molecule has 0 saturated heterocycles. The van der Waals surface area contributed by atoms with Crippen LogP contribution in [0.1, 0.15) is 44.6 Å². The molecule has 1 aromatic rings. The molecular formula is C16H26N2. The second-order valence-corrected chi connectivity index (χ2v) is 5.91. The van der Waals surface area contributed by atoms with E-state index in [-0.39, 0.29) is 0 Å². The quantitative estimate of drug-likeness (QED) is 0.781. The number of benzene rings is 1. The standard InChI is InChI=1S/C16H26N2/c1-12-3-5-14(6-4-12)9-10-18-15-7-8-16(17)13(2)11-15/h7-8,11-12,14,18H,3-6,9-10,17H2,1-2H3. The van der Waals surface area contributed by atoms with E-state index >= 15 is 0 Å². The summed E-state index contributed by atoms with van der Waals surface area (Å²) in [6, 6.07) is 6.20. The zero-order valence-electron chi connectivity index (χ0n) is 11.7. The Morgan fingerprint density at radius 2 is 1.94 bits per heavy atom. The molecule has 0 bridgehead atoms. The van der Waals surface area contributed by atoms with Crippen LogP contribution in [0.15, 0.2) is 18.2 Å². The molecule has 0 spiro atoms. The molecule has 1 aliphatic carbocycles. The van der Waals surface area contributed by atoms with Gasteiger partial charge >= 0.3 is 0 Å². The van der Waals surface area contributed by atoms with Crippen LogP contribution >= 0.6 is 0 Å². The molecule has 0 heterocycles. The summed E-state index contributed by atoms with van der Waals surface area (Å²) in [5.41, 5.74) is 9.05. The molecule has 0 atom stereocenters. The van der Waals surface area contributed by atoms with Gasteiger partial charge in [-0.1, -0.05) is 32.6 Å². The monoisotopic (exact) mass is 246 g/mol. The van der Waals surface area contributed by atoms with E-state index in [1.54, 1.807) is 0 Å². The van der Waals surface area contributed by atoms with Crippen LogP contribution in [-0.2, 0) is 0 Å². The Morgan fingerprint density at radius 1 is 1.22 bits per heavy atom. The van der Waals surface area contributed by atoms with Crippen LogP contribution in [0.4, 0.5) is 11.4 Å². The van der Waals surface area contributed by atoms with Crippen LogP contribution < -0.4 is 11.1 Å². The van der Waals surface area contributed by atoms with E-state index in [1.807, 2.05) is 6.07 Å². The van der Waals surface area contributed by atoms with E-state index < -0.39 is 0 Å². The molecular weight excluding hydrogens is 220 g/mol. The maximum absolute atomic E-state index is 5.82. The summed E-state index contributed by atoms with van der Waals surface area (Å²) in [6.45, 7) is 5.52. The lowest BCUT2D eigenvalue weighted by Gasteiger charge is -2.26. The molecule has 100 valence electrons. The van der Waals surface area contributed by atoms with Gasteiger partial charge in [-0.05, 0) is 48.9 Å². The lowest BCUT2D eigenvalue weighted by Crippen LogP contribution is -2.15. The molecule has 0 aliphatic heterocycles. The van der Waals surface area contributed by atoms with Gasteiger partial charge in [0.05, 0.1) is 0 Å². The summed E-state index contributed by atoms with van der Waals surface area (Å²) in [5, 5.41) is 3.52. The van der Waals surface area contributed by atoms with Gasteiger partial charge in [-0.25, -0.2) is 0 Å². The SMILES string of the molecule is Cc1cc(NCCC2CCC(C)CC2)ccc1N. The molecule has 2 nitrogen and oxygen atoms in total. The van der Waals surface area contributed by atoms with Gasteiger partial charge in [-0.2, -0.15) is 0 Å². The average molecular weight is 246 g/mol. The second-order valence-electron chi connectivity index (χ2n) is 5.91. The van der Waals surface area contributed by atoms with Crippen molar-refractivity contribution in [3.8, 4) is 0 Å². The fraction of sp³-hybridized carbons (Fsp3) is 0.625. The van der Waals surface area contributed by atoms with E-state index in [0.29, 0.717) is 0 Å². The molecule has 0 unspecified atom stereocenters. The fourth-order valence-electron chi connectivity index (χ4n) is 2.82. The van der Waals surface area contributed by atoms with Crippen LogP contribution in [0.3, 0.4) is 0 Å². The Morgan fingerprint density at radius 3 is 2.61 bits per heavy atom. The van der Waals surface area contributed by atoms with E-state index in [0.717, 1.165) is 29.6 Å². The third-order valence-electron chi connectivity index (χ3n) is 4.29. The number of nitrogens with two attached hydrogens (primary N) is 1. The van der Waals surface area contributed by atoms with E-state index in [9.17, 15) is 0 Å². The third-order valence-corrected chi connectivity index (χ3v) is 4.29. The summed E-state index contributed by atoms with van der Waals surface area (Å²) < 4.78 is 0. The molecule has 3 N–H and O–H groups in total. The first-order valence-electron chi connectivity index (χ1n) is 7.25. The highest BCUT2D eigenvalue weighted by Crippen LogP contribution is 2.30. The van der Waals surface area contributed by atoms with Crippen molar-refractivity contribution < 1.29 is 0 Å². The summed E-state index contributed by atoms with van der Waals surface area (Å²) >= 11 is 0. The Kier molecular flexibility index (Phi) is 4.51. The van der Waals surface area contributed by atoms with Gasteiger partial charge in [0.15, 0.2) is 0 Å². The predicted molar refractivity (Wildman–Crippen MR) is 79.8 cm³/mol. The normalized spacial score (nSPS) is 23.9. The highest BCUT2D eigenvalue weighted by Gasteiger charge is 2.17. The topological polar surface area (TPSA) is 38.0 Å². The molecule has 2 rings (SSSR count). The molecule has 1 aliphatic rings. The van der Waals surface area contributed by atoms with Gasteiger partial charge in [0.2, 0.25) is 0 Å². The molecule has 1 fully saturated rings. The molecule has 0 aromatic heterocycles. The van der Waals surface area contributed by atoms with Crippen molar-refractivity contribution in [1.29, 1.82) is 0 Å². The number of aryl methyl sites for hydroxylation is 1. The van der Waals surface area contributed by atoms with Crippen molar-refractivity contribution >= 4 is 11.4 Å². The number of rotatable bonds is 4. The first kappa shape index (κ1) is 13.3. The van der Waals surface area contributed by atoms with Gasteiger partial charge in [0, 0.05) is 17.9 Å². The van der Waals surface area contributed by atoms with Gasteiger partial charge in [0.25, 0.3) is 0 Å². The maximum atomic E-state index is 5.82. The van der Waals surface area contributed by atoms with Crippen molar-refractivity contribution in [3.05, 3.63) is 23.8 Å². The van der Waals surface area contributed by atoms with Gasteiger partial charge in [0.1, 0.15) is 0 Å². The number of anilines is 2. The second kappa shape index (κ2) is 6.12. The van der Waals surface area contributed by atoms with Crippen LogP contribution in [0.2, 0.25) is 0 Å². The number of nitrogen functional groups attached to an aromatic ring is 1. The van der Waals surface area contributed by atoms with Gasteiger partial charge < -0.3 is 11.1 Å². The number of hydrogen-bond donors (Lipinski definition) is 2. The van der Waals surface area contributed by atoms with E-state index in [1.165, 1.54) is 37.8 Å².